The average molecular weight is 371 g/mol. The Bertz CT molecular complexity index is 800. The summed E-state index contributed by atoms with van der Waals surface area (Å²) in [5.41, 5.74) is 1.18. The molecule has 0 fully saturated rings. The highest BCUT2D eigenvalue weighted by molar-refractivity contribution is 6.03. The standard InChI is InChI=1S/C20H21NO6/c1-25-15-9-7-14(8-10-15)11-12-21-18(22)13-27-20(24)17-6-4-3-5-16(17)19(23)26-2/h3-10H,11-13H2,1-2H3,(H,21,22). The van der Waals surface area contributed by atoms with Crippen LogP contribution in [0.1, 0.15) is 26.3 Å². The van der Waals surface area contributed by atoms with Crippen molar-refractivity contribution in [3.05, 3.63) is 65.2 Å². The molecule has 27 heavy (non-hydrogen) atoms. The van der Waals surface area contributed by atoms with Gasteiger partial charge in [0.2, 0.25) is 0 Å². The van der Waals surface area contributed by atoms with Crippen molar-refractivity contribution >= 4 is 17.8 Å². The van der Waals surface area contributed by atoms with Crippen LogP contribution >= 0.6 is 0 Å². The van der Waals surface area contributed by atoms with Gasteiger partial charge in [-0.05, 0) is 36.2 Å². The van der Waals surface area contributed by atoms with E-state index in [-0.39, 0.29) is 11.1 Å². The Hall–Kier alpha value is -3.35. The maximum atomic E-state index is 12.1. The minimum Gasteiger partial charge on any atom is -0.497 e. The smallest absolute Gasteiger partial charge is 0.339 e. The molecule has 142 valence electrons. The molecule has 0 saturated heterocycles. The van der Waals surface area contributed by atoms with Gasteiger partial charge in [0.1, 0.15) is 5.75 Å². The summed E-state index contributed by atoms with van der Waals surface area (Å²) < 4.78 is 14.7. The van der Waals surface area contributed by atoms with E-state index in [1.165, 1.54) is 19.2 Å². The minimum atomic E-state index is -0.763. The molecule has 0 unspecified atom stereocenters. The van der Waals surface area contributed by atoms with Gasteiger partial charge in [0.15, 0.2) is 6.61 Å². The molecule has 2 aromatic rings. The van der Waals surface area contributed by atoms with E-state index in [1.807, 2.05) is 24.3 Å². The molecular weight excluding hydrogens is 350 g/mol. The summed E-state index contributed by atoms with van der Waals surface area (Å²) in [4.78, 5) is 35.6. The largest absolute Gasteiger partial charge is 0.497 e. The monoisotopic (exact) mass is 371 g/mol. The van der Waals surface area contributed by atoms with Gasteiger partial charge in [-0.25, -0.2) is 9.59 Å². The SMILES string of the molecule is COC(=O)c1ccccc1C(=O)OCC(=O)NCCc1ccc(OC)cc1. The third-order valence-electron chi connectivity index (χ3n) is 3.78. The second-order valence-corrected chi connectivity index (χ2v) is 5.56. The van der Waals surface area contributed by atoms with Crippen molar-refractivity contribution in [1.82, 2.24) is 5.32 Å². The molecule has 0 radical (unpaired) electrons. The normalized spacial score (nSPS) is 10.0. The van der Waals surface area contributed by atoms with E-state index in [0.717, 1.165) is 11.3 Å². The van der Waals surface area contributed by atoms with E-state index in [1.54, 1.807) is 19.2 Å². The third kappa shape index (κ3) is 5.85. The summed E-state index contributed by atoms with van der Waals surface area (Å²) >= 11 is 0. The third-order valence-corrected chi connectivity index (χ3v) is 3.78. The summed E-state index contributed by atoms with van der Waals surface area (Å²) in [5, 5.41) is 2.68. The number of ether oxygens (including phenoxy) is 3. The molecule has 0 spiro atoms. The number of carbonyl (C=O) groups is 3. The Morgan fingerprint density at radius 3 is 2.11 bits per heavy atom. The zero-order valence-corrected chi connectivity index (χ0v) is 15.2. The first-order chi connectivity index (χ1) is 13.0. The van der Waals surface area contributed by atoms with E-state index in [4.69, 9.17) is 9.47 Å². The summed E-state index contributed by atoms with van der Waals surface area (Å²) in [7, 11) is 2.82. The number of methoxy groups -OCH3 is 2. The highest BCUT2D eigenvalue weighted by atomic mass is 16.5. The molecular formula is C20H21NO6. The predicted molar refractivity (Wildman–Crippen MR) is 97.8 cm³/mol. The van der Waals surface area contributed by atoms with Crippen LogP contribution in [-0.4, -0.2) is 45.2 Å². The van der Waals surface area contributed by atoms with Crippen LogP contribution in [0, 0.1) is 0 Å². The maximum absolute atomic E-state index is 12.1. The number of hydrogen-bond donors (Lipinski definition) is 1. The summed E-state index contributed by atoms with van der Waals surface area (Å²) in [6, 6.07) is 13.6. The number of benzene rings is 2. The van der Waals surface area contributed by atoms with Gasteiger partial charge in [-0.3, -0.25) is 4.79 Å². The number of rotatable bonds is 8. The van der Waals surface area contributed by atoms with Crippen LogP contribution in [0.2, 0.25) is 0 Å². The number of hydrogen-bond acceptors (Lipinski definition) is 6. The topological polar surface area (TPSA) is 90.9 Å². The molecule has 1 amide bonds. The number of carbonyl (C=O) groups excluding carboxylic acids is 3. The predicted octanol–water partition coefficient (Wildman–Crippen LogP) is 2.00. The number of esters is 2. The molecule has 0 bridgehead atoms. The maximum Gasteiger partial charge on any atom is 0.339 e. The Morgan fingerprint density at radius 2 is 1.52 bits per heavy atom. The van der Waals surface area contributed by atoms with Crippen molar-refractivity contribution in [2.45, 2.75) is 6.42 Å². The van der Waals surface area contributed by atoms with E-state index in [2.05, 4.69) is 10.1 Å². The van der Waals surface area contributed by atoms with Crippen molar-refractivity contribution in [3.63, 3.8) is 0 Å². The lowest BCUT2D eigenvalue weighted by molar-refractivity contribution is -0.124. The first kappa shape index (κ1) is 20.0. The van der Waals surface area contributed by atoms with Crippen LogP contribution in [0.4, 0.5) is 0 Å². The number of nitrogens with one attached hydrogen (secondary N) is 1. The highest BCUT2D eigenvalue weighted by Crippen LogP contribution is 2.12. The van der Waals surface area contributed by atoms with E-state index >= 15 is 0 Å². The van der Waals surface area contributed by atoms with Crippen molar-refractivity contribution in [3.8, 4) is 5.75 Å². The first-order valence-corrected chi connectivity index (χ1v) is 8.29. The molecule has 0 heterocycles. The van der Waals surface area contributed by atoms with Crippen LogP contribution in [0.25, 0.3) is 0 Å². The van der Waals surface area contributed by atoms with Crippen LogP contribution < -0.4 is 10.1 Å². The molecule has 1 N–H and O–H groups in total. The van der Waals surface area contributed by atoms with Gasteiger partial charge in [0.25, 0.3) is 5.91 Å². The van der Waals surface area contributed by atoms with Gasteiger partial charge in [-0.15, -0.1) is 0 Å². The Labute approximate surface area is 157 Å². The lowest BCUT2D eigenvalue weighted by Gasteiger charge is -2.09. The van der Waals surface area contributed by atoms with Crippen LogP contribution in [0.3, 0.4) is 0 Å². The number of amides is 1. The molecule has 0 saturated carbocycles. The summed E-state index contributed by atoms with van der Waals surface area (Å²) in [6.45, 7) is -0.0294. The first-order valence-electron chi connectivity index (χ1n) is 8.29. The van der Waals surface area contributed by atoms with Crippen LogP contribution in [0.15, 0.2) is 48.5 Å². The lowest BCUT2D eigenvalue weighted by atomic mass is 10.1. The van der Waals surface area contributed by atoms with Gasteiger partial charge in [-0.1, -0.05) is 24.3 Å². The molecule has 0 aromatic heterocycles. The fourth-order valence-corrected chi connectivity index (χ4v) is 2.35. The average Bonchev–Trinajstić information content (AvgIpc) is 2.72. The van der Waals surface area contributed by atoms with Gasteiger partial charge in [0.05, 0.1) is 25.3 Å². The molecule has 2 aromatic carbocycles. The zero-order valence-electron chi connectivity index (χ0n) is 15.2. The summed E-state index contributed by atoms with van der Waals surface area (Å²) in [6.07, 6.45) is 0.634. The van der Waals surface area contributed by atoms with Crippen molar-refractivity contribution in [1.29, 1.82) is 0 Å². The van der Waals surface area contributed by atoms with Crippen molar-refractivity contribution in [2.75, 3.05) is 27.4 Å². The lowest BCUT2D eigenvalue weighted by Crippen LogP contribution is -2.30. The molecule has 7 nitrogen and oxygen atoms in total. The zero-order chi connectivity index (χ0) is 19.6. The van der Waals surface area contributed by atoms with E-state index in [0.29, 0.717) is 13.0 Å². The fraction of sp³-hybridized carbons (Fsp3) is 0.250. The Kier molecular flexibility index (Phi) is 7.37. The van der Waals surface area contributed by atoms with Gasteiger partial charge >= 0.3 is 11.9 Å². The molecule has 7 heteroatoms. The Balaban J connectivity index is 1.80. The quantitative estimate of drug-likeness (QED) is 0.714. The Morgan fingerprint density at radius 1 is 0.889 bits per heavy atom. The molecule has 0 aliphatic carbocycles. The highest BCUT2D eigenvalue weighted by Gasteiger charge is 2.18. The fourth-order valence-electron chi connectivity index (χ4n) is 2.35. The van der Waals surface area contributed by atoms with Crippen LogP contribution in [-0.2, 0) is 20.7 Å². The van der Waals surface area contributed by atoms with E-state index < -0.39 is 24.5 Å². The molecule has 0 aliphatic heterocycles. The van der Waals surface area contributed by atoms with Gasteiger partial charge < -0.3 is 19.5 Å². The second kappa shape index (κ2) is 9.96. The molecule has 0 aliphatic rings. The van der Waals surface area contributed by atoms with E-state index in [9.17, 15) is 14.4 Å². The van der Waals surface area contributed by atoms with Gasteiger partial charge in [0, 0.05) is 6.54 Å². The second-order valence-electron chi connectivity index (χ2n) is 5.56. The van der Waals surface area contributed by atoms with Crippen molar-refractivity contribution < 1.29 is 28.6 Å². The molecule has 0 atom stereocenters. The van der Waals surface area contributed by atoms with Gasteiger partial charge in [-0.2, -0.15) is 0 Å². The molecule has 2 rings (SSSR count). The van der Waals surface area contributed by atoms with Crippen LogP contribution in [0.5, 0.6) is 5.75 Å². The van der Waals surface area contributed by atoms with Crippen molar-refractivity contribution in [2.24, 2.45) is 0 Å². The summed E-state index contributed by atoms with van der Waals surface area (Å²) in [5.74, 6) is -1.07. The minimum absolute atomic E-state index is 0.0513.